The predicted octanol–water partition coefficient (Wildman–Crippen LogP) is 1.36. The molecule has 0 radical (unpaired) electrons. The van der Waals surface area contributed by atoms with Crippen LogP contribution < -0.4 is 11.1 Å². The molecule has 0 atom stereocenters. The van der Waals surface area contributed by atoms with E-state index in [1.165, 1.54) is 32.5 Å². The molecule has 1 fully saturated rings. The Kier molecular flexibility index (Phi) is 6.03. The first-order valence-corrected chi connectivity index (χ1v) is 6.55. The van der Waals surface area contributed by atoms with Crippen LogP contribution in [0.5, 0.6) is 0 Å². The molecule has 0 amide bonds. The molecule has 0 aliphatic carbocycles. The number of hydrogen-bond donors (Lipinski definition) is 2. The van der Waals surface area contributed by atoms with Crippen LogP contribution in [0.25, 0.3) is 0 Å². The Morgan fingerprint density at radius 2 is 2.06 bits per heavy atom. The Hall–Kier alpha value is -0.380. The second-order valence-corrected chi connectivity index (χ2v) is 4.70. The number of hydrogen-bond acceptors (Lipinski definition) is 3. The summed E-state index contributed by atoms with van der Waals surface area (Å²) in [5, 5.41) is 3.66. The van der Waals surface area contributed by atoms with Crippen molar-refractivity contribution in [3.63, 3.8) is 0 Å². The van der Waals surface area contributed by atoms with Crippen molar-refractivity contribution in [3.8, 4) is 0 Å². The fourth-order valence-corrected chi connectivity index (χ4v) is 2.34. The summed E-state index contributed by atoms with van der Waals surface area (Å²) in [7, 11) is 0. The molecule has 0 aromatic carbocycles. The number of nitrogens with zero attached hydrogens (tertiary/aromatic N) is 1. The second kappa shape index (κ2) is 7.05. The molecule has 0 unspecified atom stereocenters. The summed E-state index contributed by atoms with van der Waals surface area (Å²) in [5.41, 5.74) is 6.14. The van der Waals surface area contributed by atoms with Gasteiger partial charge in [0, 0.05) is 12.1 Å². The van der Waals surface area contributed by atoms with Crippen molar-refractivity contribution in [1.29, 1.82) is 0 Å². The molecule has 3 N–H and O–H groups in total. The van der Waals surface area contributed by atoms with E-state index in [0.717, 1.165) is 19.5 Å². The van der Waals surface area contributed by atoms with E-state index in [4.69, 9.17) is 5.73 Å². The standard InChI is InChI=1S/C13H27N3/c1-3-5-6-9-15-13(12-14)7-10-16(4-2)11-8-13/h3,5,15H,4,6-12,14H2,1-2H3/b5-3+. The van der Waals surface area contributed by atoms with Crippen LogP contribution in [-0.4, -0.2) is 43.2 Å². The average molecular weight is 225 g/mol. The molecule has 16 heavy (non-hydrogen) atoms. The van der Waals surface area contributed by atoms with E-state index in [-0.39, 0.29) is 5.54 Å². The van der Waals surface area contributed by atoms with Crippen LogP contribution in [0.15, 0.2) is 12.2 Å². The number of nitrogens with one attached hydrogen (secondary N) is 1. The van der Waals surface area contributed by atoms with Gasteiger partial charge in [0.15, 0.2) is 0 Å². The van der Waals surface area contributed by atoms with Gasteiger partial charge in [-0.25, -0.2) is 0 Å². The third kappa shape index (κ3) is 3.89. The molecule has 0 aromatic rings. The zero-order chi connectivity index (χ0) is 11.9. The third-order valence-corrected chi connectivity index (χ3v) is 3.70. The van der Waals surface area contributed by atoms with Crippen molar-refractivity contribution >= 4 is 0 Å². The highest BCUT2D eigenvalue weighted by Crippen LogP contribution is 2.20. The van der Waals surface area contributed by atoms with Gasteiger partial charge in [-0.1, -0.05) is 19.1 Å². The first-order chi connectivity index (χ1) is 7.76. The van der Waals surface area contributed by atoms with E-state index >= 15 is 0 Å². The van der Waals surface area contributed by atoms with Crippen LogP contribution >= 0.6 is 0 Å². The normalized spacial score (nSPS) is 21.7. The number of allylic oxidation sites excluding steroid dienone is 1. The van der Waals surface area contributed by atoms with Crippen LogP contribution in [0.1, 0.15) is 33.1 Å². The van der Waals surface area contributed by atoms with Gasteiger partial charge in [0.1, 0.15) is 0 Å². The smallest absolute Gasteiger partial charge is 0.0328 e. The van der Waals surface area contributed by atoms with E-state index in [9.17, 15) is 0 Å². The van der Waals surface area contributed by atoms with Crippen LogP contribution in [0.4, 0.5) is 0 Å². The summed E-state index contributed by atoms with van der Waals surface area (Å²) in [5.74, 6) is 0. The van der Waals surface area contributed by atoms with Crippen LogP contribution in [0.2, 0.25) is 0 Å². The minimum atomic E-state index is 0.202. The highest BCUT2D eigenvalue weighted by Gasteiger charge is 2.31. The Morgan fingerprint density at radius 1 is 1.38 bits per heavy atom. The maximum absolute atomic E-state index is 5.94. The molecular weight excluding hydrogens is 198 g/mol. The third-order valence-electron chi connectivity index (χ3n) is 3.70. The van der Waals surface area contributed by atoms with E-state index in [0.29, 0.717) is 0 Å². The molecule has 94 valence electrons. The molecule has 0 spiro atoms. The number of likely N-dealkylation sites (tertiary alicyclic amines) is 1. The zero-order valence-electron chi connectivity index (χ0n) is 10.8. The van der Waals surface area contributed by atoms with Gasteiger partial charge in [-0.05, 0) is 52.4 Å². The first kappa shape index (κ1) is 13.7. The number of nitrogens with two attached hydrogens (primary N) is 1. The molecule has 3 nitrogen and oxygen atoms in total. The maximum atomic E-state index is 5.94. The Bertz CT molecular complexity index is 205. The van der Waals surface area contributed by atoms with Crippen molar-refractivity contribution in [2.45, 2.75) is 38.6 Å². The highest BCUT2D eigenvalue weighted by atomic mass is 15.2. The fourth-order valence-electron chi connectivity index (χ4n) is 2.34. The van der Waals surface area contributed by atoms with Crippen LogP contribution in [-0.2, 0) is 0 Å². The quantitative estimate of drug-likeness (QED) is 0.530. The van der Waals surface area contributed by atoms with Crippen LogP contribution in [0, 0.1) is 0 Å². The second-order valence-electron chi connectivity index (χ2n) is 4.70. The first-order valence-electron chi connectivity index (χ1n) is 6.55. The summed E-state index contributed by atoms with van der Waals surface area (Å²) in [4.78, 5) is 2.50. The SMILES string of the molecule is C/C=C/CCNC1(CN)CCN(CC)CC1. The molecule has 1 aliphatic rings. The van der Waals surface area contributed by atoms with Crippen molar-refractivity contribution < 1.29 is 0 Å². The van der Waals surface area contributed by atoms with Gasteiger partial charge in [-0.15, -0.1) is 0 Å². The molecule has 1 aliphatic heterocycles. The van der Waals surface area contributed by atoms with Gasteiger partial charge >= 0.3 is 0 Å². The fraction of sp³-hybridized carbons (Fsp3) is 0.846. The molecule has 1 rings (SSSR count). The summed E-state index contributed by atoms with van der Waals surface area (Å²) in [6.07, 6.45) is 7.80. The van der Waals surface area contributed by atoms with Crippen LogP contribution in [0.3, 0.4) is 0 Å². The largest absolute Gasteiger partial charge is 0.329 e. The van der Waals surface area contributed by atoms with Crippen molar-refractivity contribution in [1.82, 2.24) is 10.2 Å². The van der Waals surface area contributed by atoms with E-state index in [1.54, 1.807) is 0 Å². The average Bonchev–Trinajstić information content (AvgIpc) is 2.35. The lowest BCUT2D eigenvalue weighted by Gasteiger charge is -2.41. The molecule has 0 bridgehead atoms. The lowest BCUT2D eigenvalue weighted by atomic mass is 9.87. The van der Waals surface area contributed by atoms with Gasteiger partial charge in [0.2, 0.25) is 0 Å². The topological polar surface area (TPSA) is 41.3 Å². The minimum Gasteiger partial charge on any atom is -0.329 e. The van der Waals surface area contributed by atoms with Crippen molar-refractivity contribution in [3.05, 3.63) is 12.2 Å². The lowest BCUT2D eigenvalue weighted by molar-refractivity contribution is 0.145. The number of piperidine rings is 1. The molecule has 0 aromatic heterocycles. The Labute approximate surface area is 100 Å². The summed E-state index contributed by atoms with van der Waals surface area (Å²) in [6.45, 7) is 9.65. The van der Waals surface area contributed by atoms with E-state index in [1.807, 2.05) is 0 Å². The van der Waals surface area contributed by atoms with Gasteiger partial charge < -0.3 is 16.0 Å². The van der Waals surface area contributed by atoms with E-state index < -0.39 is 0 Å². The predicted molar refractivity (Wildman–Crippen MR) is 70.6 cm³/mol. The maximum Gasteiger partial charge on any atom is 0.0328 e. The van der Waals surface area contributed by atoms with Gasteiger partial charge in [-0.3, -0.25) is 0 Å². The van der Waals surface area contributed by atoms with Crippen molar-refractivity contribution in [2.24, 2.45) is 5.73 Å². The molecular formula is C13H27N3. The minimum absolute atomic E-state index is 0.202. The Balaban J connectivity index is 2.34. The van der Waals surface area contributed by atoms with Gasteiger partial charge in [0.25, 0.3) is 0 Å². The molecule has 0 saturated carbocycles. The number of rotatable bonds is 6. The van der Waals surface area contributed by atoms with Gasteiger partial charge in [0.05, 0.1) is 0 Å². The van der Waals surface area contributed by atoms with E-state index in [2.05, 4.69) is 36.2 Å². The van der Waals surface area contributed by atoms with Gasteiger partial charge in [-0.2, -0.15) is 0 Å². The summed E-state index contributed by atoms with van der Waals surface area (Å²) < 4.78 is 0. The van der Waals surface area contributed by atoms with Crippen molar-refractivity contribution in [2.75, 3.05) is 32.7 Å². The zero-order valence-corrected chi connectivity index (χ0v) is 10.8. The molecule has 3 heteroatoms. The summed E-state index contributed by atoms with van der Waals surface area (Å²) >= 11 is 0. The molecule has 1 saturated heterocycles. The lowest BCUT2D eigenvalue weighted by Crippen LogP contribution is -2.57. The molecule has 1 heterocycles. The highest BCUT2D eigenvalue weighted by molar-refractivity contribution is 4.94. The summed E-state index contributed by atoms with van der Waals surface area (Å²) in [6, 6.07) is 0. The monoisotopic (exact) mass is 225 g/mol. The Morgan fingerprint density at radius 3 is 2.56 bits per heavy atom.